The molecule has 1 fully saturated rings. The van der Waals surface area contributed by atoms with Crippen LogP contribution >= 0.6 is 31.9 Å². The maximum Gasteiger partial charge on any atom is 0.261 e. The monoisotopic (exact) mass is 606 g/mol. The minimum Gasteiger partial charge on any atom is -0.483 e. The normalized spacial score (nSPS) is 15.4. The second kappa shape index (κ2) is 12.4. The maximum absolute atomic E-state index is 13.4. The number of rotatable bonds is 8. The van der Waals surface area contributed by atoms with Crippen LogP contribution in [0.3, 0.4) is 0 Å². The van der Waals surface area contributed by atoms with Crippen LogP contribution in [0.1, 0.15) is 70.9 Å². The molecule has 7 heteroatoms. The van der Waals surface area contributed by atoms with Gasteiger partial charge in [0.15, 0.2) is 6.61 Å². The molecule has 0 spiro atoms. The average Bonchev–Trinajstić information content (AvgIpc) is 2.81. The fourth-order valence-electron chi connectivity index (χ4n) is 4.29. The number of hydrogen-bond donors (Lipinski definition) is 1. The lowest BCUT2D eigenvalue weighted by Gasteiger charge is -2.31. The number of hydrogen-bond acceptors (Lipinski definition) is 3. The van der Waals surface area contributed by atoms with Crippen molar-refractivity contribution >= 4 is 43.7 Å². The number of ether oxygens (including phenoxy) is 1. The Morgan fingerprint density at radius 3 is 2.43 bits per heavy atom. The number of halogens is 2. The quantitative estimate of drug-likeness (QED) is 0.361. The molecule has 0 aliphatic heterocycles. The van der Waals surface area contributed by atoms with Crippen molar-refractivity contribution in [3.05, 3.63) is 62.5 Å². The van der Waals surface area contributed by atoms with Crippen LogP contribution in [0.2, 0.25) is 0 Å². The summed E-state index contributed by atoms with van der Waals surface area (Å²) in [6.45, 7) is 8.42. The molecule has 0 saturated heterocycles. The summed E-state index contributed by atoms with van der Waals surface area (Å²) in [7, 11) is 0. The van der Waals surface area contributed by atoms with E-state index in [2.05, 4.69) is 57.9 Å². The van der Waals surface area contributed by atoms with Gasteiger partial charge in [-0.2, -0.15) is 0 Å². The van der Waals surface area contributed by atoms with Crippen LogP contribution in [0.5, 0.6) is 5.75 Å². The molecular formula is C28H36Br2N2O3. The summed E-state index contributed by atoms with van der Waals surface area (Å²) >= 11 is 7.07. The largest absolute Gasteiger partial charge is 0.483 e. The van der Waals surface area contributed by atoms with Gasteiger partial charge in [-0.1, -0.05) is 74.2 Å². The molecule has 0 bridgehead atoms. The molecule has 1 aliphatic carbocycles. The minimum absolute atomic E-state index is 0.0127. The molecule has 35 heavy (non-hydrogen) atoms. The van der Waals surface area contributed by atoms with E-state index in [-0.39, 0.29) is 29.9 Å². The molecule has 1 unspecified atom stereocenters. The van der Waals surface area contributed by atoms with E-state index in [1.54, 1.807) is 11.8 Å². The fraction of sp³-hybridized carbons (Fsp3) is 0.500. The van der Waals surface area contributed by atoms with Gasteiger partial charge in [-0.15, -0.1) is 0 Å². The van der Waals surface area contributed by atoms with E-state index in [0.717, 1.165) is 40.2 Å². The van der Waals surface area contributed by atoms with Gasteiger partial charge in [0.05, 0.1) is 4.47 Å². The zero-order valence-electron chi connectivity index (χ0n) is 21.1. The first-order chi connectivity index (χ1) is 16.5. The Morgan fingerprint density at radius 2 is 1.80 bits per heavy atom. The van der Waals surface area contributed by atoms with E-state index in [4.69, 9.17) is 4.74 Å². The second-order valence-corrected chi connectivity index (χ2v) is 12.1. The lowest BCUT2D eigenvalue weighted by molar-refractivity contribution is -0.142. The minimum atomic E-state index is -0.612. The van der Waals surface area contributed by atoms with Crippen molar-refractivity contribution in [1.29, 1.82) is 0 Å². The van der Waals surface area contributed by atoms with Crippen molar-refractivity contribution in [2.75, 3.05) is 6.61 Å². The van der Waals surface area contributed by atoms with Crippen LogP contribution in [0, 0.1) is 0 Å². The first kappa shape index (κ1) is 27.7. The molecule has 190 valence electrons. The molecule has 5 nitrogen and oxygen atoms in total. The van der Waals surface area contributed by atoms with Gasteiger partial charge in [-0.05, 0) is 76.5 Å². The number of benzene rings is 2. The summed E-state index contributed by atoms with van der Waals surface area (Å²) in [6, 6.07) is 13.3. The molecule has 1 atom stereocenters. The predicted octanol–water partition coefficient (Wildman–Crippen LogP) is 6.75. The number of carbonyl (C=O) groups is 2. The van der Waals surface area contributed by atoms with E-state index in [9.17, 15) is 9.59 Å². The Labute approximate surface area is 226 Å². The molecular weight excluding hydrogens is 572 g/mol. The summed E-state index contributed by atoms with van der Waals surface area (Å²) in [5.74, 6) is 0.257. The van der Waals surface area contributed by atoms with E-state index in [1.807, 2.05) is 42.5 Å². The topological polar surface area (TPSA) is 58.6 Å². The van der Waals surface area contributed by atoms with Gasteiger partial charge < -0.3 is 15.0 Å². The highest BCUT2D eigenvalue weighted by atomic mass is 79.9. The third kappa shape index (κ3) is 8.07. The number of nitrogens with zero attached hydrogens (tertiary/aromatic N) is 1. The molecule has 1 saturated carbocycles. The molecule has 0 radical (unpaired) electrons. The molecule has 2 aromatic rings. The summed E-state index contributed by atoms with van der Waals surface area (Å²) in [4.78, 5) is 28.1. The standard InChI is InChI=1S/C28H36Br2N2O3/c1-19(27(34)31-23-11-6-5-7-12-23)32(17-20-9-8-10-22(29)15-20)26(33)18-35-25-14-13-21(16-24(25)30)28(2,3)4/h8-10,13-16,19,23H,5-7,11-12,17-18H2,1-4H3,(H,31,34). The highest BCUT2D eigenvalue weighted by molar-refractivity contribution is 9.10. The fourth-order valence-corrected chi connectivity index (χ4v) is 5.23. The second-order valence-electron chi connectivity index (χ2n) is 10.4. The van der Waals surface area contributed by atoms with Gasteiger partial charge in [0.1, 0.15) is 11.8 Å². The van der Waals surface area contributed by atoms with Gasteiger partial charge in [0, 0.05) is 17.1 Å². The van der Waals surface area contributed by atoms with Crippen LogP contribution in [0.15, 0.2) is 51.4 Å². The first-order valence-electron chi connectivity index (χ1n) is 12.3. The molecule has 0 aromatic heterocycles. The van der Waals surface area contributed by atoms with Crippen molar-refractivity contribution < 1.29 is 14.3 Å². The highest BCUT2D eigenvalue weighted by Crippen LogP contribution is 2.31. The number of amides is 2. The summed E-state index contributed by atoms with van der Waals surface area (Å²) in [5.41, 5.74) is 2.13. The summed E-state index contributed by atoms with van der Waals surface area (Å²) < 4.78 is 7.65. The maximum atomic E-state index is 13.4. The molecule has 1 N–H and O–H groups in total. The van der Waals surface area contributed by atoms with E-state index < -0.39 is 6.04 Å². The summed E-state index contributed by atoms with van der Waals surface area (Å²) in [6.07, 6.45) is 5.49. The van der Waals surface area contributed by atoms with E-state index in [0.29, 0.717) is 12.3 Å². The van der Waals surface area contributed by atoms with Gasteiger partial charge in [-0.25, -0.2) is 0 Å². The SMILES string of the molecule is CC(C(=O)NC1CCCCC1)N(Cc1cccc(Br)c1)C(=O)COc1ccc(C(C)(C)C)cc1Br. The van der Waals surface area contributed by atoms with Crippen molar-refractivity contribution in [2.24, 2.45) is 0 Å². The van der Waals surface area contributed by atoms with Crippen molar-refractivity contribution in [3.8, 4) is 5.75 Å². The van der Waals surface area contributed by atoms with Crippen LogP contribution in [0.4, 0.5) is 0 Å². The Balaban J connectivity index is 1.73. The van der Waals surface area contributed by atoms with E-state index in [1.165, 1.54) is 12.0 Å². The molecule has 2 amide bonds. The van der Waals surface area contributed by atoms with Crippen LogP contribution in [-0.2, 0) is 21.5 Å². The smallest absolute Gasteiger partial charge is 0.261 e. The lowest BCUT2D eigenvalue weighted by atomic mass is 9.87. The molecule has 2 aromatic carbocycles. The summed E-state index contributed by atoms with van der Waals surface area (Å²) in [5, 5.41) is 3.16. The van der Waals surface area contributed by atoms with Crippen LogP contribution < -0.4 is 10.1 Å². The van der Waals surface area contributed by atoms with Gasteiger partial charge in [0.25, 0.3) is 5.91 Å². The number of nitrogens with one attached hydrogen (secondary N) is 1. The first-order valence-corrected chi connectivity index (χ1v) is 13.9. The Bertz CT molecular complexity index is 1030. The lowest BCUT2D eigenvalue weighted by Crippen LogP contribution is -2.51. The van der Waals surface area contributed by atoms with Crippen LogP contribution in [0.25, 0.3) is 0 Å². The molecule has 0 heterocycles. The zero-order chi connectivity index (χ0) is 25.6. The molecule has 3 rings (SSSR count). The predicted molar refractivity (Wildman–Crippen MR) is 148 cm³/mol. The van der Waals surface area contributed by atoms with Crippen molar-refractivity contribution in [1.82, 2.24) is 10.2 Å². The highest BCUT2D eigenvalue weighted by Gasteiger charge is 2.28. The van der Waals surface area contributed by atoms with Crippen molar-refractivity contribution in [2.45, 2.75) is 83.8 Å². The van der Waals surface area contributed by atoms with E-state index >= 15 is 0 Å². The van der Waals surface area contributed by atoms with Crippen molar-refractivity contribution in [3.63, 3.8) is 0 Å². The van der Waals surface area contributed by atoms with Gasteiger partial charge in [0.2, 0.25) is 5.91 Å². The Hall–Kier alpha value is -1.86. The van der Waals surface area contributed by atoms with Gasteiger partial charge >= 0.3 is 0 Å². The molecule has 1 aliphatic rings. The third-order valence-corrected chi connectivity index (χ3v) is 7.62. The van der Waals surface area contributed by atoms with Gasteiger partial charge in [-0.3, -0.25) is 9.59 Å². The number of carbonyl (C=O) groups excluding carboxylic acids is 2. The Morgan fingerprint density at radius 1 is 1.09 bits per heavy atom. The zero-order valence-corrected chi connectivity index (χ0v) is 24.2. The Kier molecular flexibility index (Phi) is 9.82. The van der Waals surface area contributed by atoms with Crippen LogP contribution in [-0.4, -0.2) is 35.4 Å². The average molecular weight is 608 g/mol. The third-order valence-electron chi connectivity index (χ3n) is 6.51.